The van der Waals surface area contributed by atoms with Crippen LogP contribution in [-0.2, 0) is 6.18 Å². The number of aryl methyl sites for hydroxylation is 1. The molecule has 0 heterocycles. The number of aromatic hydroxyl groups is 1. The maximum atomic E-state index is 13.9. The second-order valence-corrected chi connectivity index (χ2v) is 9.42. The molecule has 4 nitrogen and oxygen atoms in total. The molecule has 0 aromatic heterocycles. The van der Waals surface area contributed by atoms with Crippen molar-refractivity contribution in [1.82, 2.24) is 0 Å². The van der Waals surface area contributed by atoms with E-state index in [9.17, 15) is 28.3 Å². The second kappa shape index (κ2) is 9.66. The topological polar surface area (TPSA) is 73.1 Å². The lowest BCUT2D eigenvalue weighted by atomic mass is 9.88. The molecule has 3 rings (SSSR count). The molecule has 2 N–H and O–H groups in total. The number of hydrogen-bond acceptors (Lipinski definition) is 3. The van der Waals surface area contributed by atoms with Crippen molar-refractivity contribution in [2.45, 2.75) is 19.0 Å². The molecule has 3 aromatic rings. The standard InChI is InChI=1S/C23H15F3I2N2O2/c1-12-2-4-13(5-3-12)18(11-29)16-7-6-15(10-19(16)23(24,25)26)30-22(32)17-8-14(27)9-20(28)21(17)31/h2-10,18,31H,1H3,(H,30,32). The smallest absolute Gasteiger partial charge is 0.416 e. The fourth-order valence-corrected chi connectivity index (χ4v) is 5.00. The lowest BCUT2D eigenvalue weighted by Gasteiger charge is -2.19. The van der Waals surface area contributed by atoms with Crippen molar-refractivity contribution in [2.24, 2.45) is 0 Å². The Kier molecular flexibility index (Phi) is 7.34. The van der Waals surface area contributed by atoms with Crippen LogP contribution in [0, 0.1) is 25.4 Å². The number of halogens is 5. The highest BCUT2D eigenvalue weighted by Crippen LogP contribution is 2.39. The molecular weight excluding hydrogens is 647 g/mol. The second-order valence-electron chi connectivity index (χ2n) is 7.01. The molecule has 0 aliphatic rings. The van der Waals surface area contributed by atoms with Crippen LogP contribution in [0.5, 0.6) is 5.75 Å². The van der Waals surface area contributed by atoms with E-state index in [1.165, 1.54) is 18.2 Å². The van der Waals surface area contributed by atoms with Crippen molar-refractivity contribution in [1.29, 1.82) is 5.26 Å². The predicted molar refractivity (Wildman–Crippen MR) is 132 cm³/mol. The summed E-state index contributed by atoms with van der Waals surface area (Å²) in [5.74, 6) is -2.12. The monoisotopic (exact) mass is 662 g/mol. The van der Waals surface area contributed by atoms with Gasteiger partial charge in [-0.3, -0.25) is 4.79 Å². The first-order chi connectivity index (χ1) is 15.0. The zero-order chi connectivity index (χ0) is 23.6. The molecule has 0 aliphatic carbocycles. The van der Waals surface area contributed by atoms with E-state index < -0.39 is 23.6 Å². The van der Waals surface area contributed by atoms with E-state index in [1.807, 2.05) is 58.2 Å². The number of carbonyl (C=O) groups is 1. The zero-order valence-electron chi connectivity index (χ0n) is 16.5. The van der Waals surface area contributed by atoms with E-state index in [0.29, 0.717) is 12.7 Å². The Morgan fingerprint density at radius 1 is 1.09 bits per heavy atom. The van der Waals surface area contributed by atoms with Crippen molar-refractivity contribution < 1.29 is 23.1 Å². The molecule has 32 heavy (non-hydrogen) atoms. The van der Waals surface area contributed by atoms with Gasteiger partial charge in [-0.15, -0.1) is 0 Å². The molecule has 0 saturated heterocycles. The quantitative estimate of drug-likeness (QED) is 0.301. The van der Waals surface area contributed by atoms with Gasteiger partial charge in [0.25, 0.3) is 5.91 Å². The van der Waals surface area contributed by atoms with E-state index in [-0.39, 0.29) is 22.6 Å². The predicted octanol–water partition coefficient (Wildman–Crippen LogP) is 6.84. The molecule has 164 valence electrons. The van der Waals surface area contributed by atoms with Crippen LogP contribution in [0.3, 0.4) is 0 Å². The molecule has 9 heteroatoms. The highest BCUT2D eigenvalue weighted by molar-refractivity contribution is 14.1. The summed E-state index contributed by atoms with van der Waals surface area (Å²) in [6, 6.07) is 15.1. The Labute approximate surface area is 209 Å². The highest BCUT2D eigenvalue weighted by Gasteiger charge is 2.36. The summed E-state index contributed by atoms with van der Waals surface area (Å²) < 4.78 is 42.7. The molecule has 3 aromatic carbocycles. The first kappa shape index (κ1) is 24.3. The minimum absolute atomic E-state index is 0.0477. The first-order valence-corrected chi connectivity index (χ1v) is 11.3. The van der Waals surface area contributed by atoms with Gasteiger partial charge in [0.2, 0.25) is 0 Å². The van der Waals surface area contributed by atoms with Gasteiger partial charge in [0.05, 0.1) is 26.7 Å². The zero-order valence-corrected chi connectivity index (χ0v) is 20.8. The SMILES string of the molecule is Cc1ccc(C(C#N)c2ccc(NC(=O)c3cc(I)cc(I)c3O)cc2C(F)(F)F)cc1. The number of rotatable bonds is 4. The maximum absolute atomic E-state index is 13.9. The summed E-state index contributed by atoms with van der Waals surface area (Å²) >= 11 is 3.84. The molecule has 0 saturated carbocycles. The number of nitrogens with one attached hydrogen (secondary N) is 1. The van der Waals surface area contributed by atoms with Gasteiger partial charge in [-0.1, -0.05) is 35.9 Å². The minimum atomic E-state index is -4.74. The Bertz CT molecular complexity index is 1220. The Morgan fingerprint density at radius 3 is 2.34 bits per heavy atom. The summed E-state index contributed by atoms with van der Waals surface area (Å²) in [6.45, 7) is 1.84. The van der Waals surface area contributed by atoms with Crippen molar-refractivity contribution >= 4 is 56.8 Å². The molecule has 0 fully saturated rings. The van der Waals surface area contributed by atoms with Crippen molar-refractivity contribution in [3.05, 3.63) is 89.6 Å². The van der Waals surface area contributed by atoms with Crippen molar-refractivity contribution in [3.8, 4) is 11.8 Å². The number of carbonyl (C=O) groups excluding carboxylic acids is 1. The number of phenolic OH excluding ortho intramolecular Hbond substituents is 1. The summed E-state index contributed by atoms with van der Waals surface area (Å²) in [7, 11) is 0. The summed E-state index contributed by atoms with van der Waals surface area (Å²) in [4.78, 5) is 12.6. The number of hydrogen-bond donors (Lipinski definition) is 2. The van der Waals surface area contributed by atoms with Crippen molar-refractivity contribution in [3.63, 3.8) is 0 Å². The van der Waals surface area contributed by atoms with E-state index >= 15 is 0 Å². The number of amides is 1. The Balaban J connectivity index is 2.01. The number of benzene rings is 3. The van der Waals surface area contributed by atoms with Gasteiger partial charge in [-0.05, 0) is 87.5 Å². The van der Waals surface area contributed by atoms with E-state index in [0.717, 1.165) is 11.6 Å². The molecular formula is C23H15F3I2N2O2. The van der Waals surface area contributed by atoms with Crippen LogP contribution in [0.2, 0.25) is 0 Å². The third kappa shape index (κ3) is 5.35. The molecule has 0 spiro atoms. The van der Waals surface area contributed by atoms with Crippen molar-refractivity contribution in [2.75, 3.05) is 5.32 Å². The van der Waals surface area contributed by atoms with Crippen LogP contribution < -0.4 is 5.32 Å². The normalized spacial score (nSPS) is 12.2. The van der Waals surface area contributed by atoms with E-state index in [4.69, 9.17) is 0 Å². The fraction of sp³-hybridized carbons (Fsp3) is 0.130. The maximum Gasteiger partial charge on any atom is 0.416 e. The van der Waals surface area contributed by atoms with E-state index in [1.54, 1.807) is 30.3 Å². The average molecular weight is 662 g/mol. The Morgan fingerprint density at radius 2 is 1.75 bits per heavy atom. The van der Waals surface area contributed by atoms with Crippen LogP contribution >= 0.6 is 45.2 Å². The molecule has 1 atom stereocenters. The van der Waals surface area contributed by atoms with Gasteiger partial charge in [0.1, 0.15) is 5.75 Å². The number of anilines is 1. The number of alkyl halides is 3. The molecule has 0 aliphatic heterocycles. The number of nitrogens with zero attached hydrogens (tertiary/aromatic N) is 1. The summed E-state index contributed by atoms with van der Waals surface area (Å²) in [6.07, 6.45) is -4.74. The van der Waals surface area contributed by atoms with Crippen LogP contribution in [-0.4, -0.2) is 11.0 Å². The number of nitriles is 1. The minimum Gasteiger partial charge on any atom is -0.506 e. The summed E-state index contributed by atoms with van der Waals surface area (Å²) in [5.41, 5.74) is 0.0117. The molecule has 0 bridgehead atoms. The lowest BCUT2D eigenvalue weighted by molar-refractivity contribution is -0.138. The summed E-state index contributed by atoms with van der Waals surface area (Å²) in [5, 5.41) is 22.2. The Hall–Kier alpha value is -2.33. The lowest BCUT2D eigenvalue weighted by Crippen LogP contribution is -2.16. The highest BCUT2D eigenvalue weighted by atomic mass is 127. The molecule has 0 radical (unpaired) electrons. The third-order valence-corrected chi connectivity index (χ3v) is 6.19. The van der Waals surface area contributed by atoms with Gasteiger partial charge in [-0.25, -0.2) is 0 Å². The van der Waals surface area contributed by atoms with Gasteiger partial charge in [0, 0.05) is 9.26 Å². The first-order valence-electron chi connectivity index (χ1n) is 9.18. The van der Waals surface area contributed by atoms with Crippen LogP contribution in [0.1, 0.15) is 38.5 Å². The average Bonchev–Trinajstić information content (AvgIpc) is 2.72. The van der Waals surface area contributed by atoms with Gasteiger partial charge in [0.15, 0.2) is 0 Å². The van der Waals surface area contributed by atoms with Gasteiger partial charge in [-0.2, -0.15) is 18.4 Å². The van der Waals surface area contributed by atoms with Crippen LogP contribution in [0.25, 0.3) is 0 Å². The number of phenols is 1. The van der Waals surface area contributed by atoms with E-state index in [2.05, 4.69) is 5.32 Å². The third-order valence-electron chi connectivity index (χ3n) is 4.74. The molecule has 1 amide bonds. The molecule has 1 unspecified atom stereocenters. The van der Waals surface area contributed by atoms with Gasteiger partial charge >= 0.3 is 6.18 Å². The van der Waals surface area contributed by atoms with Crippen LogP contribution in [0.15, 0.2) is 54.6 Å². The largest absolute Gasteiger partial charge is 0.506 e. The van der Waals surface area contributed by atoms with Gasteiger partial charge < -0.3 is 10.4 Å². The van der Waals surface area contributed by atoms with Crippen LogP contribution in [0.4, 0.5) is 18.9 Å². The fourth-order valence-electron chi connectivity index (χ4n) is 3.15.